The molecule has 0 aromatic heterocycles. The zero-order chi connectivity index (χ0) is 19.2. The van der Waals surface area contributed by atoms with Crippen molar-refractivity contribution in [2.45, 2.75) is 25.8 Å². The molecule has 27 heavy (non-hydrogen) atoms. The molecule has 3 rings (SSSR count). The number of amides is 2. The number of nitrogens with zero attached hydrogens (tertiary/aromatic N) is 1. The van der Waals surface area contributed by atoms with Gasteiger partial charge < -0.3 is 15.5 Å². The van der Waals surface area contributed by atoms with Gasteiger partial charge in [0.05, 0.1) is 17.3 Å². The fourth-order valence-electron chi connectivity index (χ4n) is 3.40. The summed E-state index contributed by atoms with van der Waals surface area (Å²) in [6, 6.07) is 16.9. The molecule has 0 spiro atoms. The molecule has 5 heteroatoms. The molecule has 2 aromatic rings. The predicted molar refractivity (Wildman–Crippen MR) is 108 cm³/mol. The van der Waals surface area contributed by atoms with E-state index in [9.17, 15) is 9.59 Å². The monoisotopic (exact) mass is 365 g/mol. The van der Waals surface area contributed by atoms with Crippen molar-refractivity contribution in [2.24, 2.45) is 5.92 Å². The zero-order valence-corrected chi connectivity index (χ0v) is 15.9. The van der Waals surface area contributed by atoms with Gasteiger partial charge in [0.25, 0.3) is 5.91 Å². The Morgan fingerprint density at radius 1 is 1.00 bits per heavy atom. The summed E-state index contributed by atoms with van der Waals surface area (Å²) in [7, 11) is 2.07. The van der Waals surface area contributed by atoms with Gasteiger partial charge in [-0.3, -0.25) is 9.59 Å². The molecule has 2 aromatic carbocycles. The van der Waals surface area contributed by atoms with Crippen molar-refractivity contribution in [3.63, 3.8) is 0 Å². The Labute approximate surface area is 160 Å². The first-order valence-electron chi connectivity index (χ1n) is 9.49. The van der Waals surface area contributed by atoms with Gasteiger partial charge in [0.2, 0.25) is 5.91 Å². The molecule has 2 N–H and O–H groups in total. The fraction of sp³-hybridized carbons (Fsp3) is 0.364. The smallest absolute Gasteiger partial charge is 0.253 e. The summed E-state index contributed by atoms with van der Waals surface area (Å²) in [5.74, 6) is -0.189. The van der Waals surface area contributed by atoms with Crippen LogP contribution in [0, 0.1) is 5.92 Å². The molecule has 142 valence electrons. The highest BCUT2D eigenvalue weighted by Crippen LogP contribution is 2.22. The molecule has 0 saturated carbocycles. The predicted octanol–water partition coefficient (Wildman–Crippen LogP) is 3.46. The maximum atomic E-state index is 12.8. The molecule has 1 aliphatic rings. The van der Waals surface area contributed by atoms with Crippen molar-refractivity contribution < 1.29 is 9.59 Å². The van der Waals surface area contributed by atoms with E-state index in [1.54, 1.807) is 12.1 Å². The lowest BCUT2D eigenvalue weighted by Crippen LogP contribution is -2.36. The SMILES string of the molecule is C[C@H](NC(=O)c1ccccc1NC(=O)C1CCN(C)CC1)c1ccccc1. The van der Waals surface area contributed by atoms with Gasteiger partial charge in [0.15, 0.2) is 0 Å². The van der Waals surface area contributed by atoms with Crippen LogP contribution in [0.5, 0.6) is 0 Å². The number of carbonyl (C=O) groups excluding carboxylic acids is 2. The van der Waals surface area contributed by atoms with Gasteiger partial charge in [-0.15, -0.1) is 0 Å². The summed E-state index contributed by atoms with van der Waals surface area (Å²) >= 11 is 0. The second-order valence-corrected chi connectivity index (χ2v) is 7.22. The van der Waals surface area contributed by atoms with Crippen LogP contribution in [0.2, 0.25) is 0 Å². The normalized spacial score (nSPS) is 16.5. The maximum absolute atomic E-state index is 12.8. The summed E-state index contributed by atoms with van der Waals surface area (Å²) in [6.07, 6.45) is 1.70. The Hall–Kier alpha value is -2.66. The number of carbonyl (C=O) groups is 2. The van der Waals surface area contributed by atoms with Gasteiger partial charge >= 0.3 is 0 Å². The molecule has 1 saturated heterocycles. The third-order valence-electron chi connectivity index (χ3n) is 5.17. The van der Waals surface area contributed by atoms with Crippen LogP contribution in [0.1, 0.15) is 41.7 Å². The molecule has 1 atom stereocenters. The van der Waals surface area contributed by atoms with Crippen molar-refractivity contribution in [1.82, 2.24) is 10.2 Å². The van der Waals surface area contributed by atoms with E-state index in [0.29, 0.717) is 11.3 Å². The van der Waals surface area contributed by atoms with E-state index in [1.807, 2.05) is 49.4 Å². The summed E-state index contributed by atoms with van der Waals surface area (Å²) in [6.45, 7) is 3.80. The summed E-state index contributed by atoms with van der Waals surface area (Å²) in [5.41, 5.74) is 2.10. The highest BCUT2D eigenvalue weighted by molar-refractivity contribution is 6.04. The van der Waals surface area contributed by atoms with Crippen molar-refractivity contribution in [2.75, 3.05) is 25.5 Å². The van der Waals surface area contributed by atoms with Crippen LogP contribution in [0.25, 0.3) is 0 Å². The second kappa shape index (κ2) is 8.82. The van der Waals surface area contributed by atoms with E-state index in [-0.39, 0.29) is 23.8 Å². The number of rotatable bonds is 5. The number of hydrogen-bond donors (Lipinski definition) is 2. The molecule has 1 aliphatic heterocycles. The number of hydrogen-bond acceptors (Lipinski definition) is 3. The van der Waals surface area contributed by atoms with Gasteiger partial charge in [-0.2, -0.15) is 0 Å². The average Bonchev–Trinajstić information content (AvgIpc) is 2.69. The molecule has 0 aliphatic carbocycles. The minimum absolute atomic E-state index is 0.000502. The Kier molecular flexibility index (Phi) is 6.24. The molecule has 5 nitrogen and oxygen atoms in total. The van der Waals surface area contributed by atoms with Crippen LogP contribution in [-0.2, 0) is 4.79 Å². The summed E-state index contributed by atoms with van der Waals surface area (Å²) in [5, 5.41) is 5.99. The maximum Gasteiger partial charge on any atom is 0.253 e. The fourth-order valence-corrected chi connectivity index (χ4v) is 3.40. The van der Waals surface area contributed by atoms with E-state index in [0.717, 1.165) is 31.5 Å². The Bertz CT molecular complexity index is 783. The number of para-hydroxylation sites is 1. The quantitative estimate of drug-likeness (QED) is 0.853. The third kappa shape index (κ3) is 4.95. The first-order chi connectivity index (χ1) is 13.0. The minimum Gasteiger partial charge on any atom is -0.345 e. The van der Waals surface area contributed by atoms with Crippen molar-refractivity contribution in [1.29, 1.82) is 0 Å². The van der Waals surface area contributed by atoms with Gasteiger partial charge in [-0.05, 0) is 57.6 Å². The number of likely N-dealkylation sites (tertiary alicyclic amines) is 1. The summed E-state index contributed by atoms with van der Waals surface area (Å²) < 4.78 is 0. The van der Waals surface area contributed by atoms with Crippen molar-refractivity contribution in [3.05, 3.63) is 65.7 Å². The molecule has 0 radical (unpaired) electrons. The van der Waals surface area contributed by atoms with E-state index < -0.39 is 0 Å². The number of piperidine rings is 1. The van der Waals surface area contributed by atoms with Crippen LogP contribution in [0.15, 0.2) is 54.6 Å². The number of anilines is 1. The van der Waals surface area contributed by atoms with Gasteiger partial charge in [0.1, 0.15) is 0 Å². The highest BCUT2D eigenvalue weighted by Gasteiger charge is 2.24. The van der Waals surface area contributed by atoms with Crippen LogP contribution >= 0.6 is 0 Å². The Morgan fingerprint density at radius 2 is 1.63 bits per heavy atom. The topological polar surface area (TPSA) is 61.4 Å². The minimum atomic E-state index is -0.189. The lowest BCUT2D eigenvalue weighted by Gasteiger charge is -2.28. The van der Waals surface area contributed by atoms with E-state index >= 15 is 0 Å². The van der Waals surface area contributed by atoms with Crippen LogP contribution < -0.4 is 10.6 Å². The molecule has 0 unspecified atom stereocenters. The van der Waals surface area contributed by atoms with Crippen LogP contribution in [0.4, 0.5) is 5.69 Å². The molecule has 1 fully saturated rings. The molecular formula is C22H27N3O2. The standard InChI is InChI=1S/C22H27N3O2/c1-16(17-8-4-3-5-9-17)23-22(27)19-10-6-7-11-20(19)24-21(26)18-12-14-25(2)15-13-18/h3-11,16,18H,12-15H2,1-2H3,(H,23,27)(H,24,26)/t16-/m0/s1. The first-order valence-corrected chi connectivity index (χ1v) is 9.49. The highest BCUT2D eigenvalue weighted by atomic mass is 16.2. The van der Waals surface area contributed by atoms with Gasteiger partial charge in [0, 0.05) is 5.92 Å². The molecule has 2 amide bonds. The Morgan fingerprint density at radius 3 is 2.33 bits per heavy atom. The lowest BCUT2D eigenvalue weighted by atomic mass is 9.96. The first kappa shape index (κ1) is 19.1. The van der Waals surface area contributed by atoms with Crippen molar-refractivity contribution in [3.8, 4) is 0 Å². The van der Waals surface area contributed by atoms with Crippen LogP contribution in [-0.4, -0.2) is 36.9 Å². The molecular weight excluding hydrogens is 338 g/mol. The number of benzene rings is 2. The van der Waals surface area contributed by atoms with Crippen molar-refractivity contribution >= 4 is 17.5 Å². The van der Waals surface area contributed by atoms with E-state index in [2.05, 4.69) is 22.6 Å². The van der Waals surface area contributed by atoms with E-state index in [4.69, 9.17) is 0 Å². The van der Waals surface area contributed by atoms with Gasteiger partial charge in [-0.1, -0.05) is 42.5 Å². The lowest BCUT2D eigenvalue weighted by molar-refractivity contribution is -0.121. The Balaban J connectivity index is 1.68. The van der Waals surface area contributed by atoms with E-state index in [1.165, 1.54) is 0 Å². The second-order valence-electron chi connectivity index (χ2n) is 7.22. The van der Waals surface area contributed by atoms with Crippen LogP contribution in [0.3, 0.4) is 0 Å². The third-order valence-corrected chi connectivity index (χ3v) is 5.17. The van der Waals surface area contributed by atoms with Gasteiger partial charge in [-0.25, -0.2) is 0 Å². The molecule has 0 bridgehead atoms. The number of nitrogens with one attached hydrogen (secondary N) is 2. The zero-order valence-electron chi connectivity index (χ0n) is 15.9. The summed E-state index contributed by atoms with van der Waals surface area (Å²) in [4.78, 5) is 27.6. The average molecular weight is 365 g/mol. The molecule has 1 heterocycles. The largest absolute Gasteiger partial charge is 0.345 e.